The molecule has 82 valence electrons. The minimum atomic E-state index is -0.321. The predicted octanol–water partition coefficient (Wildman–Crippen LogP) is 0.000220. The molecule has 1 amide bonds. The van der Waals surface area contributed by atoms with Crippen LogP contribution in [0.2, 0.25) is 0 Å². The predicted molar refractivity (Wildman–Crippen MR) is 51.8 cm³/mol. The number of primary amides is 1. The van der Waals surface area contributed by atoms with E-state index in [-0.39, 0.29) is 18.5 Å². The van der Waals surface area contributed by atoms with E-state index in [1.807, 2.05) is 4.90 Å². The minimum Gasteiger partial charge on any atom is -0.369 e. The zero-order valence-corrected chi connectivity index (χ0v) is 8.64. The minimum absolute atomic E-state index is 0.0544. The van der Waals surface area contributed by atoms with Gasteiger partial charge < -0.3 is 10.3 Å². The number of carbonyl (C=O) groups is 1. The van der Waals surface area contributed by atoms with E-state index in [2.05, 4.69) is 10.1 Å². The highest BCUT2D eigenvalue weighted by atomic mass is 16.5. The number of aromatic nitrogens is 2. The fraction of sp³-hybridized carbons (Fsp3) is 0.667. The SMILES string of the molecule is Cc1noc(C2CCCN2CC(N)=O)n1. The van der Waals surface area contributed by atoms with Gasteiger partial charge in [0.25, 0.3) is 0 Å². The van der Waals surface area contributed by atoms with E-state index in [1.54, 1.807) is 6.92 Å². The highest BCUT2D eigenvalue weighted by molar-refractivity contribution is 5.76. The van der Waals surface area contributed by atoms with E-state index < -0.39 is 0 Å². The number of hydrogen-bond acceptors (Lipinski definition) is 5. The van der Waals surface area contributed by atoms with E-state index >= 15 is 0 Å². The zero-order chi connectivity index (χ0) is 10.8. The van der Waals surface area contributed by atoms with Gasteiger partial charge in [-0.3, -0.25) is 9.69 Å². The molecule has 15 heavy (non-hydrogen) atoms. The Hall–Kier alpha value is -1.43. The molecule has 0 radical (unpaired) electrons. The Balaban J connectivity index is 2.10. The zero-order valence-electron chi connectivity index (χ0n) is 8.64. The Morgan fingerprint density at radius 3 is 3.13 bits per heavy atom. The molecule has 1 fully saturated rings. The van der Waals surface area contributed by atoms with Gasteiger partial charge in [-0.2, -0.15) is 4.98 Å². The lowest BCUT2D eigenvalue weighted by atomic mass is 10.2. The average Bonchev–Trinajstić information content (AvgIpc) is 2.72. The standard InChI is InChI=1S/C9H14N4O2/c1-6-11-9(15-12-6)7-3-2-4-13(7)5-8(10)14/h7H,2-5H2,1H3,(H2,10,14). The first-order valence-corrected chi connectivity index (χ1v) is 4.99. The summed E-state index contributed by atoms with van der Waals surface area (Å²) >= 11 is 0. The summed E-state index contributed by atoms with van der Waals surface area (Å²) in [6.07, 6.45) is 1.97. The van der Waals surface area contributed by atoms with Crippen LogP contribution in [0.3, 0.4) is 0 Å². The van der Waals surface area contributed by atoms with Crippen LogP contribution >= 0.6 is 0 Å². The van der Waals surface area contributed by atoms with E-state index in [1.165, 1.54) is 0 Å². The fourth-order valence-corrected chi connectivity index (χ4v) is 1.94. The fourth-order valence-electron chi connectivity index (χ4n) is 1.94. The summed E-state index contributed by atoms with van der Waals surface area (Å²) in [5.74, 6) is 0.889. The highest BCUT2D eigenvalue weighted by Crippen LogP contribution is 2.30. The van der Waals surface area contributed by atoms with Crippen molar-refractivity contribution in [1.82, 2.24) is 15.0 Å². The van der Waals surface area contributed by atoms with Crippen molar-refractivity contribution >= 4 is 5.91 Å². The van der Waals surface area contributed by atoms with E-state index in [4.69, 9.17) is 10.3 Å². The molecular weight excluding hydrogens is 196 g/mol. The number of nitrogens with two attached hydrogens (primary N) is 1. The third kappa shape index (κ3) is 2.15. The van der Waals surface area contributed by atoms with Crippen LogP contribution in [0.5, 0.6) is 0 Å². The lowest BCUT2D eigenvalue weighted by molar-refractivity contribution is -0.119. The number of aryl methyl sites for hydroxylation is 1. The molecule has 1 aliphatic heterocycles. The second-order valence-electron chi connectivity index (χ2n) is 3.77. The maximum atomic E-state index is 10.9. The van der Waals surface area contributed by atoms with Gasteiger partial charge in [0.2, 0.25) is 11.8 Å². The second kappa shape index (κ2) is 3.98. The highest BCUT2D eigenvalue weighted by Gasteiger charge is 2.30. The molecule has 2 heterocycles. The number of rotatable bonds is 3. The van der Waals surface area contributed by atoms with Crippen molar-refractivity contribution < 1.29 is 9.32 Å². The summed E-state index contributed by atoms with van der Waals surface area (Å²) in [6, 6.07) is 0.0544. The largest absolute Gasteiger partial charge is 0.369 e. The lowest BCUT2D eigenvalue weighted by Crippen LogP contribution is -2.33. The third-order valence-electron chi connectivity index (χ3n) is 2.55. The maximum Gasteiger partial charge on any atom is 0.243 e. The van der Waals surface area contributed by atoms with Crippen molar-refractivity contribution in [3.05, 3.63) is 11.7 Å². The maximum absolute atomic E-state index is 10.9. The Kier molecular flexibility index (Phi) is 2.68. The van der Waals surface area contributed by atoms with E-state index in [9.17, 15) is 4.79 Å². The lowest BCUT2D eigenvalue weighted by Gasteiger charge is -2.19. The number of nitrogens with zero attached hydrogens (tertiary/aromatic N) is 3. The van der Waals surface area contributed by atoms with Crippen molar-refractivity contribution in [3.63, 3.8) is 0 Å². The molecule has 1 saturated heterocycles. The summed E-state index contributed by atoms with van der Waals surface area (Å²) in [4.78, 5) is 17.0. The van der Waals surface area contributed by atoms with Crippen LogP contribution in [-0.2, 0) is 4.79 Å². The molecule has 1 atom stereocenters. The third-order valence-corrected chi connectivity index (χ3v) is 2.55. The smallest absolute Gasteiger partial charge is 0.243 e. The molecule has 0 aromatic carbocycles. The first-order chi connectivity index (χ1) is 7.16. The van der Waals surface area contributed by atoms with E-state index in [0.717, 1.165) is 19.4 Å². The van der Waals surface area contributed by atoms with Crippen LogP contribution in [0, 0.1) is 6.92 Å². The summed E-state index contributed by atoms with van der Waals surface area (Å²) < 4.78 is 5.11. The van der Waals surface area contributed by atoms with Crippen molar-refractivity contribution in [3.8, 4) is 0 Å². The Labute approximate surface area is 87.4 Å². The molecule has 0 bridgehead atoms. The van der Waals surface area contributed by atoms with Gasteiger partial charge in [-0.1, -0.05) is 5.16 Å². The van der Waals surface area contributed by atoms with Crippen LogP contribution in [0.15, 0.2) is 4.52 Å². The molecular formula is C9H14N4O2. The number of carbonyl (C=O) groups excluding carboxylic acids is 1. The molecule has 1 aromatic rings. The molecule has 0 saturated carbocycles. The van der Waals surface area contributed by atoms with Crippen LogP contribution in [0.4, 0.5) is 0 Å². The summed E-state index contributed by atoms with van der Waals surface area (Å²) in [6.45, 7) is 2.89. The van der Waals surface area contributed by atoms with Crippen LogP contribution in [0.1, 0.15) is 30.6 Å². The van der Waals surface area contributed by atoms with Crippen molar-refractivity contribution in [2.24, 2.45) is 5.73 Å². The average molecular weight is 210 g/mol. The Morgan fingerprint density at radius 1 is 1.73 bits per heavy atom. The van der Waals surface area contributed by atoms with Gasteiger partial charge in [0.05, 0.1) is 12.6 Å². The molecule has 1 aromatic heterocycles. The van der Waals surface area contributed by atoms with Crippen molar-refractivity contribution in [2.75, 3.05) is 13.1 Å². The van der Waals surface area contributed by atoms with Gasteiger partial charge in [0.1, 0.15) is 0 Å². The number of likely N-dealkylation sites (tertiary alicyclic amines) is 1. The van der Waals surface area contributed by atoms with Gasteiger partial charge in [0, 0.05) is 0 Å². The molecule has 0 spiro atoms. The molecule has 0 aliphatic carbocycles. The van der Waals surface area contributed by atoms with Gasteiger partial charge in [-0.15, -0.1) is 0 Å². The Bertz CT molecular complexity index is 363. The first-order valence-electron chi connectivity index (χ1n) is 4.99. The normalized spacial score (nSPS) is 22.1. The van der Waals surface area contributed by atoms with Crippen LogP contribution < -0.4 is 5.73 Å². The monoisotopic (exact) mass is 210 g/mol. The molecule has 6 heteroatoms. The summed E-state index contributed by atoms with van der Waals surface area (Å²) in [7, 11) is 0. The number of amides is 1. The van der Waals surface area contributed by atoms with Crippen LogP contribution in [-0.4, -0.2) is 34.0 Å². The number of hydrogen-bond donors (Lipinski definition) is 1. The summed E-state index contributed by atoms with van der Waals surface area (Å²) in [5.41, 5.74) is 5.17. The summed E-state index contributed by atoms with van der Waals surface area (Å²) in [5, 5.41) is 3.75. The van der Waals surface area contributed by atoms with Crippen LogP contribution in [0.25, 0.3) is 0 Å². The molecule has 2 N–H and O–H groups in total. The Morgan fingerprint density at radius 2 is 2.53 bits per heavy atom. The molecule has 2 rings (SSSR count). The van der Waals surface area contributed by atoms with Crippen molar-refractivity contribution in [2.45, 2.75) is 25.8 Å². The van der Waals surface area contributed by atoms with Gasteiger partial charge in [-0.05, 0) is 26.3 Å². The van der Waals surface area contributed by atoms with E-state index in [0.29, 0.717) is 11.7 Å². The second-order valence-corrected chi connectivity index (χ2v) is 3.77. The van der Waals surface area contributed by atoms with Gasteiger partial charge in [-0.25, -0.2) is 0 Å². The molecule has 6 nitrogen and oxygen atoms in total. The van der Waals surface area contributed by atoms with Crippen molar-refractivity contribution in [1.29, 1.82) is 0 Å². The van der Waals surface area contributed by atoms with Gasteiger partial charge in [0.15, 0.2) is 5.82 Å². The van der Waals surface area contributed by atoms with Gasteiger partial charge >= 0.3 is 0 Å². The topological polar surface area (TPSA) is 85.3 Å². The molecule has 1 unspecified atom stereocenters. The quantitative estimate of drug-likeness (QED) is 0.759. The molecule has 1 aliphatic rings. The first kappa shape index (κ1) is 10.1.